The van der Waals surface area contributed by atoms with Gasteiger partial charge in [-0.05, 0) is 58.4 Å². The van der Waals surface area contributed by atoms with Gasteiger partial charge in [-0.15, -0.1) is 0 Å². The van der Waals surface area contributed by atoms with Crippen molar-refractivity contribution in [2.45, 2.75) is 46.7 Å². The number of fused-ring (bicyclic) bond motifs is 1. The Morgan fingerprint density at radius 2 is 1.89 bits per heavy atom. The maximum atomic E-state index is 13.2. The SMILES string of the molecule is Cc1cc(C(C)n2c(=O)[nH]c(=O)c3c2ncn3[C@@H](C)C(=O)Nc2cccc(-c3cnc(C)c(C)c3)n2)no1. The first kappa shape index (κ1) is 24.8. The number of amides is 1. The summed E-state index contributed by atoms with van der Waals surface area (Å²) >= 11 is 0. The number of nitrogens with one attached hydrogen (secondary N) is 2. The van der Waals surface area contributed by atoms with Gasteiger partial charge in [-0.2, -0.15) is 0 Å². The monoisotopic (exact) mass is 514 g/mol. The molecule has 194 valence electrons. The summed E-state index contributed by atoms with van der Waals surface area (Å²) in [5.41, 5.74) is 2.90. The third-order valence-electron chi connectivity index (χ3n) is 6.55. The molecule has 0 aliphatic carbocycles. The molecule has 0 fully saturated rings. The molecule has 5 aromatic rings. The van der Waals surface area contributed by atoms with Crippen LogP contribution in [-0.2, 0) is 4.79 Å². The van der Waals surface area contributed by atoms with E-state index in [2.05, 4.69) is 30.4 Å². The fourth-order valence-electron chi connectivity index (χ4n) is 4.23. The average molecular weight is 515 g/mol. The highest BCUT2D eigenvalue weighted by molar-refractivity contribution is 5.93. The van der Waals surface area contributed by atoms with Crippen molar-refractivity contribution in [2.75, 3.05) is 5.32 Å². The summed E-state index contributed by atoms with van der Waals surface area (Å²) in [6.07, 6.45) is 3.11. The van der Waals surface area contributed by atoms with Gasteiger partial charge in [0, 0.05) is 23.5 Å². The van der Waals surface area contributed by atoms with Crippen molar-refractivity contribution in [3.8, 4) is 11.3 Å². The van der Waals surface area contributed by atoms with Crippen molar-refractivity contribution < 1.29 is 9.32 Å². The van der Waals surface area contributed by atoms with Gasteiger partial charge >= 0.3 is 5.69 Å². The van der Waals surface area contributed by atoms with E-state index in [4.69, 9.17) is 4.52 Å². The number of rotatable bonds is 6. The molecule has 0 aliphatic rings. The Labute approximate surface area is 216 Å². The number of aryl methyl sites for hydroxylation is 3. The molecule has 0 aliphatic heterocycles. The van der Waals surface area contributed by atoms with Crippen molar-refractivity contribution in [1.29, 1.82) is 0 Å². The van der Waals surface area contributed by atoms with Gasteiger partial charge in [-0.3, -0.25) is 24.1 Å². The van der Waals surface area contributed by atoms with Crippen molar-refractivity contribution in [1.82, 2.24) is 34.2 Å². The highest BCUT2D eigenvalue weighted by Gasteiger charge is 2.25. The van der Waals surface area contributed by atoms with E-state index in [0.29, 0.717) is 23.0 Å². The Bertz CT molecular complexity index is 1800. The second-order valence-electron chi connectivity index (χ2n) is 9.19. The van der Waals surface area contributed by atoms with Crippen LogP contribution in [0.1, 0.15) is 48.6 Å². The van der Waals surface area contributed by atoms with Gasteiger partial charge in [-0.1, -0.05) is 11.2 Å². The smallest absolute Gasteiger partial charge is 0.330 e. The third kappa shape index (κ3) is 4.40. The molecule has 5 rings (SSSR count). The van der Waals surface area contributed by atoms with Gasteiger partial charge in [0.1, 0.15) is 23.3 Å². The lowest BCUT2D eigenvalue weighted by Gasteiger charge is -2.16. The van der Waals surface area contributed by atoms with Crippen LogP contribution in [0.3, 0.4) is 0 Å². The standard InChI is InChI=1S/C26H26N8O4/c1-13-9-18(11-27-15(13)3)19-7-6-8-21(29-19)30-24(35)17(5)33-12-28-23-22(33)25(36)31-26(37)34(23)16(4)20-10-14(2)38-32-20/h6-12,16-17H,1-5H3,(H,29,30,35)(H,31,36,37)/t16?,17-/m0/s1. The molecular formula is C26H26N8O4. The molecule has 12 heteroatoms. The maximum absolute atomic E-state index is 13.2. The molecule has 0 saturated heterocycles. The highest BCUT2D eigenvalue weighted by atomic mass is 16.5. The molecule has 0 bridgehead atoms. The molecule has 2 N–H and O–H groups in total. The second kappa shape index (κ2) is 9.54. The Hall–Kier alpha value is -4.87. The predicted molar refractivity (Wildman–Crippen MR) is 140 cm³/mol. The minimum atomic E-state index is -0.842. The van der Waals surface area contributed by atoms with Crippen molar-refractivity contribution in [2.24, 2.45) is 0 Å². The number of carbonyl (C=O) groups excluding carboxylic acids is 1. The molecule has 12 nitrogen and oxygen atoms in total. The van der Waals surface area contributed by atoms with E-state index in [0.717, 1.165) is 16.8 Å². The van der Waals surface area contributed by atoms with Gasteiger partial charge in [0.05, 0.1) is 18.1 Å². The number of aromatic amines is 1. The Kier molecular flexibility index (Phi) is 6.23. The van der Waals surface area contributed by atoms with Crippen LogP contribution < -0.4 is 16.6 Å². The Morgan fingerprint density at radius 3 is 2.61 bits per heavy atom. The van der Waals surface area contributed by atoms with Crippen LogP contribution in [0.4, 0.5) is 5.82 Å². The summed E-state index contributed by atoms with van der Waals surface area (Å²) in [6, 6.07) is 7.59. The summed E-state index contributed by atoms with van der Waals surface area (Å²) in [6.45, 7) is 9.03. The lowest BCUT2D eigenvalue weighted by atomic mass is 10.1. The fourth-order valence-corrected chi connectivity index (χ4v) is 4.23. The van der Waals surface area contributed by atoms with E-state index < -0.39 is 29.2 Å². The maximum Gasteiger partial charge on any atom is 0.330 e. The third-order valence-corrected chi connectivity index (χ3v) is 6.55. The topological polar surface area (TPSA) is 154 Å². The molecule has 2 atom stereocenters. The number of pyridine rings is 2. The normalized spacial score (nSPS) is 13.0. The molecule has 38 heavy (non-hydrogen) atoms. The number of hydrogen-bond donors (Lipinski definition) is 2. The largest absolute Gasteiger partial charge is 0.361 e. The number of H-pyrrole nitrogens is 1. The van der Waals surface area contributed by atoms with Crippen LogP contribution in [0, 0.1) is 20.8 Å². The first-order valence-corrected chi connectivity index (χ1v) is 12.0. The Morgan fingerprint density at radius 1 is 1.11 bits per heavy atom. The van der Waals surface area contributed by atoms with Crippen LogP contribution in [0.25, 0.3) is 22.4 Å². The van der Waals surface area contributed by atoms with Gasteiger partial charge in [-0.25, -0.2) is 14.8 Å². The quantitative estimate of drug-likeness (QED) is 0.350. The lowest BCUT2D eigenvalue weighted by Crippen LogP contribution is -2.34. The summed E-state index contributed by atoms with van der Waals surface area (Å²) in [5.74, 6) is 0.523. The molecule has 1 amide bonds. The summed E-state index contributed by atoms with van der Waals surface area (Å²) in [7, 11) is 0. The van der Waals surface area contributed by atoms with E-state index in [-0.39, 0.29) is 11.2 Å². The lowest BCUT2D eigenvalue weighted by molar-refractivity contribution is -0.118. The summed E-state index contributed by atoms with van der Waals surface area (Å²) in [5, 5.41) is 6.79. The first-order chi connectivity index (χ1) is 18.1. The van der Waals surface area contributed by atoms with Gasteiger partial charge in [0.25, 0.3) is 5.56 Å². The van der Waals surface area contributed by atoms with Crippen LogP contribution in [0.5, 0.6) is 0 Å². The van der Waals surface area contributed by atoms with Crippen LogP contribution in [0.15, 0.2) is 57.0 Å². The van der Waals surface area contributed by atoms with E-state index in [1.54, 1.807) is 45.2 Å². The van der Waals surface area contributed by atoms with Crippen LogP contribution in [0.2, 0.25) is 0 Å². The predicted octanol–water partition coefficient (Wildman–Crippen LogP) is 3.07. The van der Waals surface area contributed by atoms with Gasteiger partial charge in [0.15, 0.2) is 11.2 Å². The molecule has 0 spiro atoms. The number of aromatic nitrogens is 7. The van der Waals surface area contributed by atoms with Crippen LogP contribution >= 0.6 is 0 Å². The number of nitrogens with zero attached hydrogens (tertiary/aromatic N) is 6. The molecule has 0 saturated carbocycles. The number of hydrogen-bond acceptors (Lipinski definition) is 8. The fraction of sp³-hybridized carbons (Fsp3) is 0.269. The van der Waals surface area contributed by atoms with E-state index in [1.165, 1.54) is 15.5 Å². The molecule has 1 unspecified atom stereocenters. The van der Waals surface area contributed by atoms with Crippen molar-refractivity contribution in [3.63, 3.8) is 0 Å². The minimum absolute atomic E-state index is 0.0854. The van der Waals surface area contributed by atoms with Gasteiger partial charge in [0.2, 0.25) is 5.91 Å². The molecular weight excluding hydrogens is 488 g/mol. The molecule has 0 radical (unpaired) electrons. The Balaban J connectivity index is 1.46. The highest BCUT2D eigenvalue weighted by Crippen LogP contribution is 2.23. The van der Waals surface area contributed by atoms with E-state index >= 15 is 0 Å². The number of imidazole rings is 1. The first-order valence-electron chi connectivity index (χ1n) is 12.0. The van der Waals surface area contributed by atoms with Crippen molar-refractivity contribution in [3.05, 3.63) is 86.4 Å². The van der Waals surface area contributed by atoms with Crippen LogP contribution in [-0.4, -0.2) is 40.1 Å². The number of anilines is 1. The van der Waals surface area contributed by atoms with E-state index in [1.807, 2.05) is 26.0 Å². The minimum Gasteiger partial charge on any atom is -0.361 e. The second-order valence-corrected chi connectivity index (χ2v) is 9.19. The number of carbonyl (C=O) groups is 1. The van der Waals surface area contributed by atoms with E-state index in [9.17, 15) is 14.4 Å². The van der Waals surface area contributed by atoms with Gasteiger partial charge < -0.3 is 14.4 Å². The molecule has 5 heterocycles. The zero-order valence-corrected chi connectivity index (χ0v) is 21.5. The van der Waals surface area contributed by atoms with Crippen molar-refractivity contribution >= 4 is 22.9 Å². The summed E-state index contributed by atoms with van der Waals surface area (Å²) in [4.78, 5) is 54.3. The average Bonchev–Trinajstić information content (AvgIpc) is 3.52. The zero-order chi connectivity index (χ0) is 27.1. The molecule has 5 aromatic heterocycles. The zero-order valence-electron chi connectivity index (χ0n) is 21.5. The molecule has 0 aromatic carbocycles. The summed E-state index contributed by atoms with van der Waals surface area (Å²) < 4.78 is 7.88.